The van der Waals surface area contributed by atoms with Crippen LogP contribution in [-0.4, -0.2) is 12.9 Å². The second kappa shape index (κ2) is 5.75. The van der Waals surface area contributed by atoms with Crippen LogP contribution < -0.4 is 4.74 Å². The van der Waals surface area contributed by atoms with Crippen molar-refractivity contribution in [2.45, 2.75) is 13.8 Å². The number of halogens is 2. The lowest BCUT2D eigenvalue weighted by molar-refractivity contribution is 0.103. The van der Waals surface area contributed by atoms with Crippen molar-refractivity contribution in [2.75, 3.05) is 7.11 Å². The van der Waals surface area contributed by atoms with Crippen LogP contribution in [-0.2, 0) is 0 Å². The first kappa shape index (κ1) is 14.7. The number of aryl methyl sites for hydroxylation is 2. The van der Waals surface area contributed by atoms with Gasteiger partial charge in [-0.15, -0.1) is 0 Å². The molecule has 0 saturated carbocycles. The Morgan fingerprint density at radius 3 is 2.20 bits per heavy atom. The van der Waals surface area contributed by atoms with Gasteiger partial charge in [0.1, 0.15) is 11.6 Å². The third kappa shape index (κ3) is 2.75. The molecule has 2 aromatic carbocycles. The number of hydrogen-bond acceptors (Lipinski definition) is 2. The van der Waals surface area contributed by atoms with Gasteiger partial charge in [0.15, 0.2) is 5.78 Å². The Labute approximate surface area is 125 Å². The van der Waals surface area contributed by atoms with Crippen molar-refractivity contribution in [3.63, 3.8) is 0 Å². The van der Waals surface area contributed by atoms with Crippen LogP contribution >= 0.6 is 15.9 Å². The van der Waals surface area contributed by atoms with Crippen molar-refractivity contribution in [2.24, 2.45) is 0 Å². The molecule has 0 aliphatic rings. The molecule has 0 atom stereocenters. The molecule has 0 fully saturated rings. The highest BCUT2D eigenvalue weighted by atomic mass is 79.9. The molecule has 4 heteroatoms. The van der Waals surface area contributed by atoms with Crippen LogP contribution in [0, 0.1) is 19.7 Å². The Hall–Kier alpha value is -1.68. The number of ketones is 1. The van der Waals surface area contributed by atoms with E-state index < -0.39 is 0 Å². The summed E-state index contributed by atoms with van der Waals surface area (Å²) >= 11 is 3.35. The molecule has 2 rings (SSSR count). The molecule has 0 saturated heterocycles. The first-order valence-electron chi connectivity index (χ1n) is 6.09. The minimum Gasteiger partial charge on any atom is -0.496 e. The number of carbonyl (C=O) groups excluding carboxylic acids is 1. The van der Waals surface area contributed by atoms with E-state index in [2.05, 4.69) is 15.9 Å². The maximum atomic E-state index is 13.6. The molecule has 0 aliphatic carbocycles. The fraction of sp³-hybridized carbons (Fsp3) is 0.188. The molecule has 2 aromatic rings. The third-order valence-electron chi connectivity index (χ3n) is 3.11. The van der Waals surface area contributed by atoms with Crippen molar-refractivity contribution in [1.82, 2.24) is 0 Å². The molecule has 20 heavy (non-hydrogen) atoms. The van der Waals surface area contributed by atoms with Crippen LogP contribution in [0.15, 0.2) is 34.8 Å². The summed E-state index contributed by atoms with van der Waals surface area (Å²) in [5.41, 5.74) is 1.96. The lowest BCUT2D eigenvalue weighted by Gasteiger charge is -2.08. The van der Waals surface area contributed by atoms with E-state index >= 15 is 0 Å². The molecule has 0 aromatic heterocycles. The Bertz CT molecular complexity index is 657. The van der Waals surface area contributed by atoms with Gasteiger partial charge < -0.3 is 4.74 Å². The second-order valence-corrected chi connectivity index (χ2v) is 5.46. The third-order valence-corrected chi connectivity index (χ3v) is 3.73. The summed E-state index contributed by atoms with van der Waals surface area (Å²) in [5.74, 6) is 0.255. The van der Waals surface area contributed by atoms with Crippen LogP contribution in [0.4, 0.5) is 4.39 Å². The van der Waals surface area contributed by atoms with E-state index in [0.29, 0.717) is 32.5 Å². The summed E-state index contributed by atoms with van der Waals surface area (Å²) < 4.78 is 19.4. The largest absolute Gasteiger partial charge is 0.496 e. The fourth-order valence-electron chi connectivity index (χ4n) is 2.05. The van der Waals surface area contributed by atoms with Crippen molar-refractivity contribution in [3.8, 4) is 5.75 Å². The summed E-state index contributed by atoms with van der Waals surface area (Å²) in [4.78, 5) is 12.4. The van der Waals surface area contributed by atoms with Gasteiger partial charge in [-0.25, -0.2) is 4.39 Å². The van der Waals surface area contributed by atoms with E-state index in [1.807, 2.05) is 0 Å². The molecule has 0 amide bonds. The minimum absolute atomic E-state index is 0.139. The summed E-state index contributed by atoms with van der Waals surface area (Å²) in [5, 5.41) is 0. The Morgan fingerprint density at radius 1 is 1.10 bits per heavy atom. The molecular formula is C16H14BrFO2. The Balaban J connectivity index is 2.44. The van der Waals surface area contributed by atoms with E-state index in [-0.39, 0.29) is 11.6 Å². The lowest BCUT2D eigenvalue weighted by Crippen LogP contribution is -2.04. The molecule has 0 bridgehead atoms. The standard InChI is InChI=1S/C16H14BrFO2/c1-9-6-12(7-10(2)15(9)18)16(19)11-4-5-14(20-3)13(17)8-11/h4-8H,1-3H3. The quantitative estimate of drug-likeness (QED) is 0.774. The smallest absolute Gasteiger partial charge is 0.193 e. The number of benzene rings is 2. The minimum atomic E-state index is -0.266. The van der Waals surface area contributed by atoms with Gasteiger partial charge in [0, 0.05) is 11.1 Å². The molecule has 104 valence electrons. The van der Waals surface area contributed by atoms with Crippen LogP contribution in [0.25, 0.3) is 0 Å². The topological polar surface area (TPSA) is 26.3 Å². The van der Waals surface area contributed by atoms with Gasteiger partial charge in [0.2, 0.25) is 0 Å². The van der Waals surface area contributed by atoms with Crippen LogP contribution in [0.1, 0.15) is 27.0 Å². The van der Waals surface area contributed by atoms with Gasteiger partial charge in [-0.05, 0) is 71.2 Å². The SMILES string of the molecule is COc1ccc(C(=O)c2cc(C)c(F)c(C)c2)cc1Br. The van der Waals surface area contributed by atoms with Gasteiger partial charge in [0.25, 0.3) is 0 Å². The van der Waals surface area contributed by atoms with Crippen molar-refractivity contribution in [3.05, 3.63) is 62.9 Å². The molecule has 0 aliphatic heterocycles. The van der Waals surface area contributed by atoms with E-state index in [9.17, 15) is 9.18 Å². The highest BCUT2D eigenvalue weighted by Crippen LogP contribution is 2.27. The van der Waals surface area contributed by atoms with Gasteiger partial charge in [-0.2, -0.15) is 0 Å². The second-order valence-electron chi connectivity index (χ2n) is 4.60. The zero-order chi connectivity index (χ0) is 14.9. The van der Waals surface area contributed by atoms with Crippen molar-refractivity contribution >= 4 is 21.7 Å². The van der Waals surface area contributed by atoms with Crippen LogP contribution in [0.3, 0.4) is 0 Å². The highest BCUT2D eigenvalue weighted by molar-refractivity contribution is 9.10. The average Bonchev–Trinajstić information content (AvgIpc) is 2.43. The van der Waals surface area contributed by atoms with Crippen LogP contribution in [0.2, 0.25) is 0 Å². The molecule has 0 spiro atoms. The van der Waals surface area contributed by atoms with Crippen molar-refractivity contribution in [1.29, 1.82) is 0 Å². The normalized spacial score (nSPS) is 10.4. The zero-order valence-corrected chi connectivity index (χ0v) is 13.0. The van der Waals surface area contributed by atoms with Gasteiger partial charge in [0.05, 0.1) is 11.6 Å². The molecule has 0 heterocycles. The Morgan fingerprint density at radius 2 is 1.70 bits per heavy atom. The van der Waals surface area contributed by atoms with Gasteiger partial charge >= 0.3 is 0 Å². The van der Waals surface area contributed by atoms with E-state index in [1.54, 1.807) is 51.3 Å². The number of hydrogen-bond donors (Lipinski definition) is 0. The monoisotopic (exact) mass is 336 g/mol. The maximum Gasteiger partial charge on any atom is 0.193 e. The number of ether oxygens (including phenoxy) is 1. The molecule has 2 nitrogen and oxygen atoms in total. The molecular weight excluding hydrogens is 323 g/mol. The summed E-state index contributed by atoms with van der Waals surface area (Å²) in [6, 6.07) is 8.27. The van der Waals surface area contributed by atoms with Gasteiger partial charge in [-0.3, -0.25) is 4.79 Å². The predicted molar refractivity (Wildman–Crippen MR) is 80.0 cm³/mol. The van der Waals surface area contributed by atoms with E-state index in [0.717, 1.165) is 0 Å². The zero-order valence-electron chi connectivity index (χ0n) is 11.5. The first-order valence-corrected chi connectivity index (χ1v) is 6.88. The number of methoxy groups -OCH3 is 1. The van der Waals surface area contributed by atoms with E-state index in [4.69, 9.17) is 4.74 Å². The summed E-state index contributed by atoms with van der Waals surface area (Å²) in [7, 11) is 1.56. The number of rotatable bonds is 3. The molecule has 0 radical (unpaired) electrons. The average molecular weight is 337 g/mol. The number of carbonyl (C=O) groups is 1. The van der Waals surface area contributed by atoms with Gasteiger partial charge in [-0.1, -0.05) is 0 Å². The summed E-state index contributed by atoms with van der Waals surface area (Å²) in [6.07, 6.45) is 0. The summed E-state index contributed by atoms with van der Waals surface area (Å²) in [6.45, 7) is 3.31. The fourth-order valence-corrected chi connectivity index (χ4v) is 2.59. The lowest BCUT2D eigenvalue weighted by atomic mass is 9.99. The molecule has 0 N–H and O–H groups in total. The highest BCUT2D eigenvalue weighted by Gasteiger charge is 2.14. The maximum absolute atomic E-state index is 13.6. The first-order chi connectivity index (χ1) is 9.43. The predicted octanol–water partition coefficient (Wildman–Crippen LogP) is 4.44. The molecule has 0 unspecified atom stereocenters. The van der Waals surface area contributed by atoms with Crippen LogP contribution in [0.5, 0.6) is 5.75 Å². The van der Waals surface area contributed by atoms with E-state index in [1.165, 1.54) is 0 Å². The van der Waals surface area contributed by atoms with Crippen molar-refractivity contribution < 1.29 is 13.9 Å². The Kier molecular flexibility index (Phi) is 4.23.